The van der Waals surface area contributed by atoms with Crippen LogP contribution in [0.15, 0.2) is 36.4 Å². The van der Waals surface area contributed by atoms with Crippen LogP contribution in [0, 0.1) is 5.82 Å². The van der Waals surface area contributed by atoms with Crippen molar-refractivity contribution in [2.45, 2.75) is 44.3 Å². The Morgan fingerprint density at radius 1 is 1.10 bits per heavy atom. The third-order valence-electron chi connectivity index (χ3n) is 5.78. The Balaban J connectivity index is 1.42. The monoisotopic (exact) mass is 398 g/mol. The zero-order valence-corrected chi connectivity index (χ0v) is 16.7. The minimum Gasteiger partial charge on any atom is -0.341 e. The van der Waals surface area contributed by atoms with E-state index in [1.54, 1.807) is 18.0 Å². The number of nitrogens with zero attached hydrogens (tertiary/aromatic N) is 2. The number of nitrogens with one attached hydrogen (secondary N) is 2. The van der Waals surface area contributed by atoms with Gasteiger partial charge in [0.15, 0.2) is 0 Å². The summed E-state index contributed by atoms with van der Waals surface area (Å²) in [4.78, 5) is 28.7. The molecule has 2 fully saturated rings. The molecule has 6 nitrogen and oxygen atoms in total. The second-order valence-corrected chi connectivity index (χ2v) is 7.92. The van der Waals surface area contributed by atoms with Crippen molar-refractivity contribution in [3.8, 4) is 0 Å². The summed E-state index contributed by atoms with van der Waals surface area (Å²) in [6.45, 7) is 1.68. The molecule has 1 heterocycles. The Labute approximate surface area is 170 Å². The molecular weight excluding hydrogens is 371 g/mol. The van der Waals surface area contributed by atoms with E-state index in [0.29, 0.717) is 13.1 Å². The molecule has 1 saturated heterocycles. The summed E-state index contributed by atoms with van der Waals surface area (Å²) >= 11 is 0. The van der Waals surface area contributed by atoms with Gasteiger partial charge in [0.2, 0.25) is 0 Å². The lowest BCUT2D eigenvalue weighted by Crippen LogP contribution is -2.56. The van der Waals surface area contributed by atoms with Crippen LogP contribution >= 0.6 is 0 Å². The fraction of sp³-hybridized carbons (Fsp3) is 0.455. The number of hydrogen-bond acceptors (Lipinski definition) is 2. The standard InChI is InChI=1S/C22H27FN4O2/c1-24-21(28)26-10-2-3-20(14-26)27(19-8-9-19)22(29)25-13-15-4-5-16-6-7-18(23)12-17(16)11-15/h4-7,11-12,19-20H,2-3,8-10,13-14H2,1H3,(H,24,28)(H,25,29). The number of rotatable bonds is 4. The summed E-state index contributed by atoms with van der Waals surface area (Å²) < 4.78 is 13.5. The van der Waals surface area contributed by atoms with Crippen molar-refractivity contribution in [3.05, 3.63) is 47.8 Å². The molecule has 1 aliphatic heterocycles. The highest BCUT2D eigenvalue weighted by Gasteiger charge is 2.39. The maximum absolute atomic E-state index is 13.5. The number of halogens is 1. The summed E-state index contributed by atoms with van der Waals surface area (Å²) in [5.74, 6) is -0.267. The molecule has 4 rings (SSSR count). The van der Waals surface area contributed by atoms with E-state index in [1.807, 2.05) is 23.1 Å². The number of hydrogen-bond donors (Lipinski definition) is 2. The minimum atomic E-state index is -0.267. The first-order chi connectivity index (χ1) is 14.0. The van der Waals surface area contributed by atoms with Gasteiger partial charge < -0.3 is 20.4 Å². The molecule has 1 atom stereocenters. The average Bonchev–Trinajstić information content (AvgIpc) is 3.56. The fourth-order valence-electron chi connectivity index (χ4n) is 4.15. The van der Waals surface area contributed by atoms with E-state index in [2.05, 4.69) is 10.6 Å². The second kappa shape index (κ2) is 8.27. The van der Waals surface area contributed by atoms with Gasteiger partial charge in [0.25, 0.3) is 0 Å². The van der Waals surface area contributed by atoms with Crippen molar-refractivity contribution in [3.63, 3.8) is 0 Å². The Morgan fingerprint density at radius 2 is 1.90 bits per heavy atom. The molecule has 7 heteroatoms. The highest BCUT2D eigenvalue weighted by atomic mass is 19.1. The SMILES string of the molecule is CNC(=O)N1CCCC(N(C(=O)NCc2ccc3ccc(F)cc3c2)C2CC2)C1. The van der Waals surface area contributed by atoms with Crippen LogP contribution in [0.1, 0.15) is 31.2 Å². The predicted octanol–water partition coefficient (Wildman–Crippen LogP) is 3.46. The van der Waals surface area contributed by atoms with Crippen LogP contribution in [0.5, 0.6) is 0 Å². The van der Waals surface area contributed by atoms with E-state index in [4.69, 9.17) is 0 Å². The lowest BCUT2D eigenvalue weighted by Gasteiger charge is -2.39. The summed E-state index contributed by atoms with van der Waals surface area (Å²) in [6, 6.07) is 10.6. The van der Waals surface area contributed by atoms with Gasteiger partial charge in [-0.3, -0.25) is 0 Å². The van der Waals surface area contributed by atoms with Crippen LogP contribution in [0.4, 0.5) is 14.0 Å². The topological polar surface area (TPSA) is 64.7 Å². The minimum absolute atomic E-state index is 0.0410. The molecule has 1 aliphatic carbocycles. The Hall–Kier alpha value is -2.83. The van der Waals surface area contributed by atoms with Crippen LogP contribution in [0.25, 0.3) is 10.8 Å². The number of amides is 4. The lowest BCUT2D eigenvalue weighted by molar-refractivity contribution is 0.116. The summed E-state index contributed by atoms with van der Waals surface area (Å²) in [7, 11) is 1.63. The largest absolute Gasteiger partial charge is 0.341 e. The Bertz CT molecular complexity index is 915. The zero-order chi connectivity index (χ0) is 20.4. The number of benzene rings is 2. The molecule has 2 aliphatic rings. The van der Waals surface area contributed by atoms with E-state index < -0.39 is 0 Å². The third kappa shape index (κ3) is 4.44. The lowest BCUT2D eigenvalue weighted by atomic mass is 10.0. The Kier molecular flexibility index (Phi) is 5.56. The van der Waals surface area contributed by atoms with Gasteiger partial charge in [-0.1, -0.05) is 18.2 Å². The van der Waals surface area contributed by atoms with Crippen LogP contribution < -0.4 is 10.6 Å². The van der Waals surface area contributed by atoms with Crippen LogP contribution in [0.3, 0.4) is 0 Å². The predicted molar refractivity (Wildman–Crippen MR) is 110 cm³/mol. The highest BCUT2D eigenvalue weighted by molar-refractivity contribution is 5.83. The van der Waals surface area contributed by atoms with Gasteiger partial charge in [-0.15, -0.1) is 0 Å². The molecule has 2 aromatic carbocycles. The van der Waals surface area contributed by atoms with Gasteiger partial charge >= 0.3 is 12.1 Å². The van der Waals surface area contributed by atoms with Crippen molar-refractivity contribution in [2.24, 2.45) is 0 Å². The quantitative estimate of drug-likeness (QED) is 0.829. The molecule has 4 amide bonds. The smallest absolute Gasteiger partial charge is 0.318 e. The fourth-order valence-corrected chi connectivity index (χ4v) is 4.15. The molecular formula is C22H27FN4O2. The van der Waals surface area contributed by atoms with Gasteiger partial charge in [-0.25, -0.2) is 14.0 Å². The van der Waals surface area contributed by atoms with E-state index in [1.165, 1.54) is 12.1 Å². The first-order valence-corrected chi connectivity index (χ1v) is 10.3. The average molecular weight is 398 g/mol. The number of urea groups is 2. The summed E-state index contributed by atoms with van der Waals surface area (Å²) in [6.07, 6.45) is 3.83. The normalized spacial score (nSPS) is 19.1. The number of likely N-dealkylation sites (tertiary alicyclic amines) is 1. The maximum Gasteiger partial charge on any atom is 0.318 e. The van der Waals surface area contributed by atoms with Crippen molar-refractivity contribution < 1.29 is 14.0 Å². The number of carbonyl (C=O) groups is 2. The molecule has 154 valence electrons. The van der Waals surface area contributed by atoms with E-state index >= 15 is 0 Å². The number of fused-ring (bicyclic) bond motifs is 1. The third-order valence-corrected chi connectivity index (χ3v) is 5.78. The molecule has 1 saturated carbocycles. The molecule has 0 bridgehead atoms. The van der Waals surface area contributed by atoms with Crippen molar-refractivity contribution in [1.82, 2.24) is 20.4 Å². The van der Waals surface area contributed by atoms with Gasteiger partial charge in [0.1, 0.15) is 5.82 Å². The summed E-state index contributed by atoms with van der Waals surface area (Å²) in [5.41, 5.74) is 0.933. The van der Waals surface area contributed by atoms with Crippen molar-refractivity contribution in [1.29, 1.82) is 0 Å². The molecule has 0 spiro atoms. The Morgan fingerprint density at radius 3 is 2.66 bits per heavy atom. The van der Waals surface area contributed by atoms with E-state index in [0.717, 1.165) is 48.6 Å². The molecule has 2 aromatic rings. The van der Waals surface area contributed by atoms with E-state index in [-0.39, 0.29) is 30.0 Å². The second-order valence-electron chi connectivity index (χ2n) is 7.92. The molecule has 1 unspecified atom stereocenters. The summed E-state index contributed by atoms with van der Waals surface area (Å²) in [5, 5.41) is 7.50. The van der Waals surface area contributed by atoms with Crippen LogP contribution in [0.2, 0.25) is 0 Å². The first-order valence-electron chi connectivity index (χ1n) is 10.3. The van der Waals surface area contributed by atoms with Crippen LogP contribution in [-0.4, -0.2) is 54.1 Å². The van der Waals surface area contributed by atoms with Gasteiger partial charge in [-0.2, -0.15) is 0 Å². The maximum atomic E-state index is 13.5. The molecule has 29 heavy (non-hydrogen) atoms. The van der Waals surface area contributed by atoms with Crippen molar-refractivity contribution in [2.75, 3.05) is 20.1 Å². The molecule has 2 N–H and O–H groups in total. The molecule has 0 radical (unpaired) electrons. The van der Waals surface area contributed by atoms with Gasteiger partial charge in [0, 0.05) is 32.7 Å². The van der Waals surface area contributed by atoms with Crippen LogP contribution in [-0.2, 0) is 6.54 Å². The first kappa shape index (κ1) is 19.5. The van der Waals surface area contributed by atoms with Gasteiger partial charge in [-0.05, 0) is 60.2 Å². The number of carbonyl (C=O) groups excluding carboxylic acids is 2. The number of piperidine rings is 1. The molecule has 0 aromatic heterocycles. The zero-order valence-electron chi connectivity index (χ0n) is 16.7. The van der Waals surface area contributed by atoms with E-state index in [9.17, 15) is 14.0 Å². The van der Waals surface area contributed by atoms with Gasteiger partial charge in [0.05, 0.1) is 6.04 Å². The van der Waals surface area contributed by atoms with Crippen molar-refractivity contribution >= 4 is 22.8 Å². The highest BCUT2D eigenvalue weighted by Crippen LogP contribution is 2.31.